The molecule has 1 N–H and O–H groups in total. The lowest BCUT2D eigenvalue weighted by Gasteiger charge is -2.38. The minimum absolute atomic E-state index is 0.00308. The van der Waals surface area contributed by atoms with Crippen LogP contribution in [0.3, 0.4) is 0 Å². The van der Waals surface area contributed by atoms with Crippen molar-refractivity contribution in [1.29, 1.82) is 0 Å². The van der Waals surface area contributed by atoms with E-state index in [1.807, 2.05) is 0 Å². The fourth-order valence-corrected chi connectivity index (χ4v) is 2.89. The summed E-state index contributed by atoms with van der Waals surface area (Å²) in [5.41, 5.74) is 0.654. The molecule has 0 bridgehead atoms. The van der Waals surface area contributed by atoms with Gasteiger partial charge < -0.3 is 5.32 Å². The van der Waals surface area contributed by atoms with Crippen LogP contribution in [0.25, 0.3) is 0 Å². The summed E-state index contributed by atoms with van der Waals surface area (Å²) in [7, 11) is 1.47. The maximum atomic E-state index is 11.9. The second kappa shape index (κ2) is 5.13. The fraction of sp³-hybridized carbons (Fsp3) is 0.462. The molecule has 6 heteroatoms. The van der Waals surface area contributed by atoms with Crippen LogP contribution in [0.4, 0.5) is 0 Å². The van der Waals surface area contributed by atoms with Crippen molar-refractivity contribution in [2.24, 2.45) is 5.41 Å². The van der Waals surface area contributed by atoms with E-state index in [2.05, 4.69) is 12.2 Å². The average molecular weight is 302 g/mol. The van der Waals surface area contributed by atoms with Crippen LogP contribution < -0.4 is 5.32 Å². The Morgan fingerprint density at radius 1 is 1.32 bits per heavy atom. The Bertz CT molecular complexity index is 576. The van der Waals surface area contributed by atoms with Gasteiger partial charge in [0.05, 0.1) is 4.90 Å². The number of hydrogen-bond donors (Lipinski definition) is 1. The Morgan fingerprint density at radius 2 is 1.89 bits per heavy atom. The number of amides is 1. The van der Waals surface area contributed by atoms with E-state index < -0.39 is 9.05 Å². The van der Waals surface area contributed by atoms with Gasteiger partial charge in [0, 0.05) is 22.8 Å². The van der Waals surface area contributed by atoms with E-state index in [-0.39, 0.29) is 16.2 Å². The summed E-state index contributed by atoms with van der Waals surface area (Å²) in [6, 6.07) is 5.60. The highest BCUT2D eigenvalue weighted by molar-refractivity contribution is 8.13. The molecule has 1 aromatic carbocycles. The molecule has 1 amide bonds. The minimum atomic E-state index is -3.74. The van der Waals surface area contributed by atoms with Gasteiger partial charge in [0.25, 0.3) is 15.0 Å². The summed E-state index contributed by atoms with van der Waals surface area (Å²) < 4.78 is 22.2. The summed E-state index contributed by atoms with van der Waals surface area (Å²) in [5.74, 6) is -0.188. The van der Waals surface area contributed by atoms with Crippen molar-refractivity contribution >= 4 is 25.6 Å². The smallest absolute Gasteiger partial charge is 0.261 e. The van der Waals surface area contributed by atoms with Crippen LogP contribution in [0.1, 0.15) is 36.5 Å². The van der Waals surface area contributed by atoms with E-state index in [4.69, 9.17) is 10.7 Å². The third-order valence-electron chi connectivity index (χ3n) is 3.63. The fourth-order valence-electron chi connectivity index (χ4n) is 2.12. The van der Waals surface area contributed by atoms with Crippen LogP contribution in [-0.2, 0) is 9.05 Å². The van der Waals surface area contributed by atoms with Crippen molar-refractivity contribution in [1.82, 2.24) is 5.32 Å². The highest BCUT2D eigenvalue weighted by atomic mass is 35.7. The third kappa shape index (κ3) is 3.48. The Balaban J connectivity index is 2.00. The molecule has 1 aromatic rings. The van der Waals surface area contributed by atoms with Crippen molar-refractivity contribution in [2.45, 2.75) is 31.1 Å². The number of carbonyl (C=O) groups excluding carboxylic acids is 1. The van der Waals surface area contributed by atoms with Gasteiger partial charge in [0.15, 0.2) is 0 Å². The first-order valence-corrected chi connectivity index (χ1v) is 8.44. The quantitative estimate of drug-likeness (QED) is 0.869. The first-order valence-electron chi connectivity index (χ1n) is 6.13. The first-order chi connectivity index (χ1) is 8.80. The highest BCUT2D eigenvalue weighted by Crippen LogP contribution is 2.39. The molecule has 0 unspecified atom stereocenters. The average Bonchev–Trinajstić information content (AvgIpc) is 2.33. The van der Waals surface area contributed by atoms with Gasteiger partial charge in [-0.25, -0.2) is 8.42 Å². The molecular formula is C13H16ClNO3S. The molecule has 1 aliphatic carbocycles. The molecule has 0 saturated heterocycles. The molecule has 104 valence electrons. The van der Waals surface area contributed by atoms with Gasteiger partial charge in [-0.1, -0.05) is 13.3 Å². The van der Waals surface area contributed by atoms with Gasteiger partial charge in [-0.3, -0.25) is 4.79 Å². The normalized spacial score (nSPS) is 17.6. The van der Waals surface area contributed by atoms with Crippen LogP contribution in [0.2, 0.25) is 0 Å². The SMILES string of the molecule is CC1(CNC(=O)c2ccc(S(=O)(=O)Cl)cc2)CCC1. The number of halogens is 1. The van der Waals surface area contributed by atoms with Gasteiger partial charge in [0.2, 0.25) is 0 Å². The van der Waals surface area contributed by atoms with Crippen molar-refractivity contribution in [3.63, 3.8) is 0 Å². The Hall–Kier alpha value is -1.07. The minimum Gasteiger partial charge on any atom is -0.351 e. The van der Waals surface area contributed by atoms with Crippen molar-refractivity contribution in [2.75, 3.05) is 6.54 Å². The summed E-state index contributed by atoms with van der Waals surface area (Å²) in [4.78, 5) is 11.9. The number of rotatable bonds is 4. The van der Waals surface area contributed by atoms with Crippen molar-refractivity contribution in [3.05, 3.63) is 29.8 Å². The number of nitrogens with one attached hydrogen (secondary N) is 1. The zero-order chi connectivity index (χ0) is 14.1. The predicted molar refractivity (Wildman–Crippen MR) is 73.8 cm³/mol. The zero-order valence-electron chi connectivity index (χ0n) is 10.6. The number of benzene rings is 1. The molecule has 0 radical (unpaired) electrons. The van der Waals surface area contributed by atoms with Gasteiger partial charge in [0.1, 0.15) is 0 Å². The molecule has 0 heterocycles. The van der Waals surface area contributed by atoms with Crippen LogP contribution in [0.5, 0.6) is 0 Å². The molecule has 0 aromatic heterocycles. The monoisotopic (exact) mass is 301 g/mol. The lowest BCUT2D eigenvalue weighted by molar-refractivity contribution is 0.0890. The lowest BCUT2D eigenvalue weighted by Crippen LogP contribution is -2.39. The first kappa shape index (κ1) is 14.3. The van der Waals surface area contributed by atoms with E-state index in [1.165, 1.54) is 30.7 Å². The van der Waals surface area contributed by atoms with Crippen LogP contribution in [0, 0.1) is 5.41 Å². The second-order valence-electron chi connectivity index (χ2n) is 5.31. The molecule has 1 aliphatic rings. The summed E-state index contributed by atoms with van der Waals surface area (Å²) in [6.45, 7) is 2.81. The Labute approximate surface area is 117 Å². The van der Waals surface area contributed by atoms with Crippen molar-refractivity contribution in [3.8, 4) is 0 Å². The van der Waals surface area contributed by atoms with E-state index in [0.717, 1.165) is 12.8 Å². The summed E-state index contributed by atoms with van der Waals surface area (Å²) >= 11 is 0. The Morgan fingerprint density at radius 3 is 2.32 bits per heavy atom. The number of hydrogen-bond acceptors (Lipinski definition) is 3. The molecule has 2 rings (SSSR count). The predicted octanol–water partition coefficient (Wildman–Crippen LogP) is 2.53. The highest BCUT2D eigenvalue weighted by Gasteiger charge is 2.31. The second-order valence-corrected chi connectivity index (χ2v) is 7.88. The number of carbonyl (C=O) groups is 1. The molecule has 1 saturated carbocycles. The third-order valence-corrected chi connectivity index (χ3v) is 5.00. The molecule has 1 fully saturated rings. The van der Waals surface area contributed by atoms with Gasteiger partial charge >= 0.3 is 0 Å². The summed E-state index contributed by atoms with van der Waals surface area (Å²) in [5, 5.41) is 2.88. The molecule has 4 nitrogen and oxygen atoms in total. The Kier molecular flexibility index (Phi) is 3.87. The molecule has 0 spiro atoms. The standard InChI is InChI=1S/C13H16ClNO3S/c1-13(7-2-8-13)9-15-12(16)10-3-5-11(6-4-10)19(14,17)18/h3-6H,2,7-9H2,1H3,(H,15,16). The van der Waals surface area contributed by atoms with E-state index >= 15 is 0 Å². The maximum absolute atomic E-state index is 11.9. The topological polar surface area (TPSA) is 63.2 Å². The molecule has 19 heavy (non-hydrogen) atoms. The van der Waals surface area contributed by atoms with Gasteiger partial charge in [-0.15, -0.1) is 0 Å². The van der Waals surface area contributed by atoms with Crippen LogP contribution in [0.15, 0.2) is 29.2 Å². The van der Waals surface area contributed by atoms with E-state index in [1.54, 1.807) is 0 Å². The summed E-state index contributed by atoms with van der Waals surface area (Å²) in [6.07, 6.45) is 3.49. The van der Waals surface area contributed by atoms with Crippen LogP contribution >= 0.6 is 10.7 Å². The maximum Gasteiger partial charge on any atom is 0.261 e. The zero-order valence-corrected chi connectivity index (χ0v) is 12.2. The molecular weight excluding hydrogens is 286 g/mol. The lowest BCUT2D eigenvalue weighted by atomic mass is 9.70. The molecule has 0 atom stereocenters. The van der Waals surface area contributed by atoms with E-state index in [9.17, 15) is 13.2 Å². The van der Waals surface area contributed by atoms with Crippen LogP contribution in [-0.4, -0.2) is 20.9 Å². The molecule has 0 aliphatic heterocycles. The van der Waals surface area contributed by atoms with Crippen molar-refractivity contribution < 1.29 is 13.2 Å². The van der Waals surface area contributed by atoms with Gasteiger partial charge in [-0.05, 0) is 42.5 Å². The van der Waals surface area contributed by atoms with Gasteiger partial charge in [-0.2, -0.15) is 0 Å². The van der Waals surface area contributed by atoms with E-state index in [0.29, 0.717) is 12.1 Å². The largest absolute Gasteiger partial charge is 0.351 e.